The molecule has 0 aliphatic carbocycles. The van der Waals surface area contributed by atoms with E-state index in [2.05, 4.69) is 5.16 Å². The second-order valence-electron chi connectivity index (χ2n) is 8.21. The van der Waals surface area contributed by atoms with E-state index in [1.54, 1.807) is 11.0 Å². The highest BCUT2D eigenvalue weighted by Crippen LogP contribution is 2.36. The summed E-state index contributed by atoms with van der Waals surface area (Å²) in [5.74, 6) is -0.0469. The van der Waals surface area contributed by atoms with Gasteiger partial charge < -0.3 is 14.2 Å². The Morgan fingerprint density at radius 1 is 1.31 bits per heavy atom. The van der Waals surface area contributed by atoms with E-state index < -0.39 is 5.41 Å². The van der Waals surface area contributed by atoms with Crippen LogP contribution in [0.2, 0.25) is 0 Å². The largest absolute Gasteiger partial charge is 0.466 e. The zero-order valence-corrected chi connectivity index (χ0v) is 17.7. The molecule has 3 rings (SSSR count). The van der Waals surface area contributed by atoms with E-state index in [-0.39, 0.29) is 23.6 Å². The monoisotopic (exact) mass is 398 g/mol. The van der Waals surface area contributed by atoms with Gasteiger partial charge in [-0.15, -0.1) is 0 Å². The summed E-state index contributed by atoms with van der Waals surface area (Å²) in [6, 6.07) is 9.76. The standard InChI is InChI=1S/C23H30N2O4/c1-5-28-22(27)23(14-18-10-7-6-9-17(18)4)11-8-12-25(15-23)21(26)20-13-19(16(2)3)24-29-20/h6-7,9-10,13,16H,5,8,11-12,14-15H2,1-4H3/t23-/m0/s1. The third-order valence-corrected chi connectivity index (χ3v) is 5.69. The Morgan fingerprint density at radius 3 is 2.72 bits per heavy atom. The summed E-state index contributed by atoms with van der Waals surface area (Å²) in [4.78, 5) is 27.8. The molecule has 0 saturated carbocycles. The molecule has 2 aromatic rings. The maximum atomic E-state index is 13.1. The molecule has 1 atom stereocenters. The highest BCUT2D eigenvalue weighted by Gasteiger charge is 2.45. The summed E-state index contributed by atoms with van der Waals surface area (Å²) in [6.45, 7) is 9.08. The van der Waals surface area contributed by atoms with Crippen LogP contribution in [0.1, 0.15) is 66.9 Å². The molecule has 2 heterocycles. The van der Waals surface area contributed by atoms with Gasteiger partial charge >= 0.3 is 5.97 Å². The molecule has 1 aromatic heterocycles. The summed E-state index contributed by atoms with van der Waals surface area (Å²) in [6.07, 6.45) is 1.98. The number of nitrogens with zero attached hydrogens (tertiary/aromatic N) is 2. The zero-order valence-electron chi connectivity index (χ0n) is 17.7. The molecule has 1 aliphatic rings. The lowest BCUT2D eigenvalue weighted by Crippen LogP contribution is -2.51. The Hall–Kier alpha value is -2.63. The predicted octanol–water partition coefficient (Wildman–Crippen LogP) is 4.13. The van der Waals surface area contributed by atoms with Crippen LogP contribution in [0.5, 0.6) is 0 Å². The molecule has 1 aliphatic heterocycles. The van der Waals surface area contributed by atoms with Crippen LogP contribution in [-0.2, 0) is 16.0 Å². The van der Waals surface area contributed by atoms with Crippen LogP contribution >= 0.6 is 0 Å². The fourth-order valence-corrected chi connectivity index (χ4v) is 3.96. The number of carbonyl (C=O) groups excluding carboxylic acids is 2. The first-order chi connectivity index (χ1) is 13.9. The Bertz CT molecular complexity index is 873. The van der Waals surface area contributed by atoms with E-state index in [0.29, 0.717) is 32.5 Å². The average Bonchev–Trinajstić information content (AvgIpc) is 3.20. The second-order valence-corrected chi connectivity index (χ2v) is 8.21. The van der Waals surface area contributed by atoms with E-state index in [4.69, 9.17) is 9.26 Å². The number of benzene rings is 1. The summed E-state index contributed by atoms with van der Waals surface area (Å²) in [5, 5.41) is 4.00. The maximum Gasteiger partial charge on any atom is 0.314 e. The van der Waals surface area contributed by atoms with Gasteiger partial charge in [-0.25, -0.2) is 0 Å². The number of hydrogen-bond donors (Lipinski definition) is 0. The van der Waals surface area contributed by atoms with Crippen molar-refractivity contribution in [1.29, 1.82) is 0 Å². The number of ether oxygens (including phenoxy) is 1. The summed E-state index contributed by atoms with van der Waals surface area (Å²) in [5.41, 5.74) is 2.24. The van der Waals surface area contributed by atoms with E-state index in [1.807, 2.05) is 52.0 Å². The van der Waals surface area contributed by atoms with Crippen molar-refractivity contribution in [2.75, 3.05) is 19.7 Å². The molecule has 29 heavy (non-hydrogen) atoms. The summed E-state index contributed by atoms with van der Waals surface area (Å²) >= 11 is 0. The smallest absolute Gasteiger partial charge is 0.314 e. The number of aromatic nitrogens is 1. The number of rotatable bonds is 6. The molecule has 1 amide bonds. The third-order valence-electron chi connectivity index (χ3n) is 5.69. The van der Waals surface area contributed by atoms with Crippen molar-refractivity contribution in [3.8, 4) is 0 Å². The van der Waals surface area contributed by atoms with Gasteiger partial charge in [-0.1, -0.05) is 43.3 Å². The van der Waals surface area contributed by atoms with E-state index in [1.165, 1.54) is 0 Å². The lowest BCUT2D eigenvalue weighted by atomic mass is 9.74. The number of amides is 1. The predicted molar refractivity (Wildman–Crippen MR) is 110 cm³/mol. The molecule has 1 aromatic carbocycles. The highest BCUT2D eigenvalue weighted by atomic mass is 16.5. The number of hydrogen-bond acceptors (Lipinski definition) is 5. The Kier molecular flexibility index (Phi) is 6.40. The number of carbonyl (C=O) groups is 2. The summed E-state index contributed by atoms with van der Waals surface area (Å²) < 4.78 is 10.8. The quantitative estimate of drug-likeness (QED) is 0.684. The lowest BCUT2D eigenvalue weighted by Gasteiger charge is -2.41. The fraction of sp³-hybridized carbons (Fsp3) is 0.522. The van der Waals surface area contributed by atoms with Gasteiger partial charge in [-0.2, -0.15) is 0 Å². The maximum absolute atomic E-state index is 13.1. The van der Waals surface area contributed by atoms with Gasteiger partial charge in [0.25, 0.3) is 5.91 Å². The minimum atomic E-state index is -0.753. The molecule has 6 nitrogen and oxygen atoms in total. The first-order valence-electron chi connectivity index (χ1n) is 10.3. The van der Waals surface area contributed by atoms with Crippen molar-refractivity contribution in [2.24, 2.45) is 5.41 Å². The van der Waals surface area contributed by atoms with Gasteiger partial charge in [0.15, 0.2) is 0 Å². The molecule has 0 N–H and O–H groups in total. The molecular formula is C23H30N2O4. The van der Waals surface area contributed by atoms with Gasteiger partial charge in [0.1, 0.15) is 0 Å². The number of aryl methyl sites for hydroxylation is 1. The van der Waals surface area contributed by atoms with Crippen LogP contribution in [0.15, 0.2) is 34.9 Å². The van der Waals surface area contributed by atoms with Crippen LogP contribution < -0.4 is 0 Å². The van der Waals surface area contributed by atoms with Crippen LogP contribution in [-0.4, -0.2) is 41.6 Å². The Morgan fingerprint density at radius 2 is 2.07 bits per heavy atom. The molecule has 156 valence electrons. The summed E-state index contributed by atoms with van der Waals surface area (Å²) in [7, 11) is 0. The van der Waals surface area contributed by atoms with Gasteiger partial charge in [-0.3, -0.25) is 9.59 Å². The second kappa shape index (κ2) is 8.80. The number of likely N-dealkylation sites (tertiary alicyclic amines) is 1. The molecule has 6 heteroatoms. The minimum absolute atomic E-state index is 0.182. The van der Waals surface area contributed by atoms with E-state index in [0.717, 1.165) is 23.2 Å². The van der Waals surface area contributed by atoms with Gasteiger partial charge in [0.05, 0.1) is 17.7 Å². The van der Waals surface area contributed by atoms with Crippen molar-refractivity contribution in [3.05, 3.63) is 52.9 Å². The molecule has 1 fully saturated rings. The Balaban J connectivity index is 1.87. The first-order valence-corrected chi connectivity index (χ1v) is 10.3. The third kappa shape index (κ3) is 4.52. The van der Waals surface area contributed by atoms with Crippen molar-refractivity contribution in [3.63, 3.8) is 0 Å². The van der Waals surface area contributed by atoms with Crippen molar-refractivity contribution in [1.82, 2.24) is 10.1 Å². The van der Waals surface area contributed by atoms with Gasteiger partial charge in [-0.05, 0) is 50.2 Å². The first kappa shape index (κ1) is 21.1. The van der Waals surface area contributed by atoms with Crippen LogP contribution in [0.4, 0.5) is 0 Å². The lowest BCUT2D eigenvalue weighted by molar-refractivity contribution is -0.158. The molecule has 0 bridgehead atoms. The SMILES string of the molecule is CCOC(=O)[C@]1(Cc2ccccc2C)CCCN(C(=O)c2cc(C(C)C)no2)C1. The molecular weight excluding hydrogens is 368 g/mol. The molecule has 0 unspecified atom stereocenters. The van der Waals surface area contributed by atoms with E-state index >= 15 is 0 Å². The molecule has 0 radical (unpaired) electrons. The van der Waals surface area contributed by atoms with Crippen LogP contribution in [0, 0.1) is 12.3 Å². The highest BCUT2D eigenvalue weighted by molar-refractivity contribution is 5.92. The van der Waals surface area contributed by atoms with Crippen LogP contribution in [0.3, 0.4) is 0 Å². The van der Waals surface area contributed by atoms with Gasteiger partial charge in [0.2, 0.25) is 5.76 Å². The van der Waals surface area contributed by atoms with Gasteiger partial charge in [0, 0.05) is 19.2 Å². The fourth-order valence-electron chi connectivity index (χ4n) is 3.96. The molecule has 1 saturated heterocycles. The Labute approximate surface area is 172 Å². The number of piperidine rings is 1. The van der Waals surface area contributed by atoms with Crippen molar-refractivity contribution < 1.29 is 18.8 Å². The normalized spacial score (nSPS) is 19.4. The number of esters is 1. The molecule has 0 spiro atoms. The van der Waals surface area contributed by atoms with E-state index in [9.17, 15) is 9.59 Å². The topological polar surface area (TPSA) is 72.6 Å². The van der Waals surface area contributed by atoms with Crippen molar-refractivity contribution in [2.45, 2.75) is 52.9 Å². The van der Waals surface area contributed by atoms with Crippen LogP contribution in [0.25, 0.3) is 0 Å². The average molecular weight is 399 g/mol. The van der Waals surface area contributed by atoms with Crippen molar-refractivity contribution >= 4 is 11.9 Å². The minimum Gasteiger partial charge on any atom is -0.466 e. The zero-order chi connectivity index (χ0) is 21.0.